The van der Waals surface area contributed by atoms with E-state index in [0.717, 1.165) is 12.8 Å². The topological polar surface area (TPSA) is 111 Å². The highest BCUT2D eigenvalue weighted by atomic mass is 79.9. The monoisotopic (exact) mass is 548 g/mol. The summed E-state index contributed by atoms with van der Waals surface area (Å²) in [6, 6.07) is 4.52. The van der Waals surface area contributed by atoms with E-state index in [9.17, 15) is 13.2 Å². The van der Waals surface area contributed by atoms with Crippen LogP contribution in [0.1, 0.15) is 32.3 Å². The summed E-state index contributed by atoms with van der Waals surface area (Å²) in [7, 11) is -0.361. The molecule has 1 aromatic carbocycles. The van der Waals surface area contributed by atoms with E-state index in [2.05, 4.69) is 31.2 Å². The molecular weight excluding hydrogens is 522 g/mol. The molecule has 2 aliphatic rings. The van der Waals surface area contributed by atoms with Gasteiger partial charge in [0.15, 0.2) is 0 Å². The first kappa shape index (κ1) is 25.2. The van der Waals surface area contributed by atoms with Gasteiger partial charge in [0.2, 0.25) is 16.0 Å². The van der Waals surface area contributed by atoms with Crippen LogP contribution in [-0.4, -0.2) is 76.3 Å². The normalized spacial score (nSPS) is 20.4. The molecule has 2 aromatic rings. The van der Waals surface area contributed by atoms with Crippen LogP contribution in [0.15, 0.2) is 33.8 Å². The van der Waals surface area contributed by atoms with E-state index in [0.29, 0.717) is 40.5 Å². The van der Waals surface area contributed by atoms with Crippen molar-refractivity contribution in [3.63, 3.8) is 0 Å². The van der Waals surface area contributed by atoms with Crippen LogP contribution in [-0.2, 0) is 29.6 Å². The summed E-state index contributed by atoms with van der Waals surface area (Å²) in [5, 5.41) is 2.43. The minimum absolute atomic E-state index is 0.163. The summed E-state index contributed by atoms with van der Waals surface area (Å²) >= 11 is 3.50. The molecule has 1 atom stereocenters. The van der Waals surface area contributed by atoms with Crippen LogP contribution in [0.25, 0.3) is 11.3 Å². The van der Waals surface area contributed by atoms with E-state index >= 15 is 0 Å². The van der Waals surface area contributed by atoms with Gasteiger partial charge in [0, 0.05) is 36.4 Å². The standard InChI is InChI=1S/C21H27B2BrN4O5S/c1-3-33-19(29)12(2)28-21(22,23)15-5-4-13(10-17(15)34(28,30)31)18-16(24)11-25-20(27-18)26-14-6-8-32-9-7-14/h4-5,10-12,14H,3,6-9,22-23H2,1-2H3,(H,25,26,27)/t12-/m1/s1. The SMILES string of the molecule is BC1(B)c2ccc(-c3nc(NC4CCOCC4)ncc3Br)cc2S(=O)(=O)N1[C@H](C)C(=O)OCC. The van der Waals surface area contributed by atoms with Crippen molar-refractivity contribution in [3.8, 4) is 11.3 Å². The second kappa shape index (κ2) is 9.60. The number of nitrogens with zero attached hydrogens (tertiary/aromatic N) is 3. The first-order chi connectivity index (χ1) is 16.1. The Bertz CT molecular complexity index is 1210. The third-order valence-electron chi connectivity index (χ3n) is 6.28. The van der Waals surface area contributed by atoms with Crippen molar-refractivity contribution in [3.05, 3.63) is 34.4 Å². The molecule has 1 aromatic heterocycles. The summed E-state index contributed by atoms with van der Waals surface area (Å²) in [5.41, 5.74) is 1.84. The molecule has 0 saturated carbocycles. The fraction of sp³-hybridized carbons (Fsp3) is 0.476. The predicted molar refractivity (Wildman–Crippen MR) is 137 cm³/mol. The van der Waals surface area contributed by atoms with E-state index in [-0.39, 0.29) is 17.5 Å². The number of ether oxygens (including phenoxy) is 2. The van der Waals surface area contributed by atoms with E-state index in [4.69, 9.17) is 9.47 Å². The number of carbonyl (C=O) groups is 1. The predicted octanol–water partition coefficient (Wildman–Crippen LogP) is 0.829. The van der Waals surface area contributed by atoms with Crippen molar-refractivity contribution in [1.29, 1.82) is 0 Å². The Morgan fingerprint density at radius 1 is 1.38 bits per heavy atom. The summed E-state index contributed by atoms with van der Waals surface area (Å²) < 4.78 is 39.6. The Balaban J connectivity index is 1.71. The van der Waals surface area contributed by atoms with Crippen molar-refractivity contribution in [1.82, 2.24) is 14.3 Å². The van der Waals surface area contributed by atoms with Crippen molar-refractivity contribution in [2.75, 3.05) is 25.1 Å². The van der Waals surface area contributed by atoms with Crippen LogP contribution in [0.4, 0.5) is 5.95 Å². The minimum Gasteiger partial charge on any atom is -0.465 e. The molecule has 0 spiro atoms. The Labute approximate surface area is 210 Å². The Morgan fingerprint density at radius 2 is 2.09 bits per heavy atom. The van der Waals surface area contributed by atoms with Gasteiger partial charge in [-0.1, -0.05) is 12.1 Å². The number of halogens is 1. The number of sulfonamides is 1. The van der Waals surface area contributed by atoms with E-state index in [1.807, 2.05) is 6.07 Å². The van der Waals surface area contributed by atoms with Crippen molar-refractivity contribution in [2.24, 2.45) is 0 Å². The molecule has 180 valence electrons. The van der Waals surface area contributed by atoms with Gasteiger partial charge in [0.25, 0.3) is 0 Å². The van der Waals surface area contributed by atoms with Crippen molar-refractivity contribution >= 4 is 53.6 Å². The molecule has 1 N–H and O–H groups in total. The lowest BCUT2D eigenvalue weighted by Crippen LogP contribution is -2.52. The van der Waals surface area contributed by atoms with Crippen molar-refractivity contribution < 1.29 is 22.7 Å². The average Bonchev–Trinajstić information content (AvgIpc) is 2.96. The highest BCUT2D eigenvalue weighted by Crippen LogP contribution is 2.44. The molecule has 2 aliphatic heterocycles. The van der Waals surface area contributed by atoms with Crippen LogP contribution in [0.2, 0.25) is 0 Å². The summed E-state index contributed by atoms with van der Waals surface area (Å²) in [6.45, 7) is 4.82. The number of hydrogen-bond donors (Lipinski definition) is 1. The van der Waals surface area contributed by atoms with Gasteiger partial charge in [-0.05, 0) is 54.2 Å². The number of benzene rings is 1. The lowest BCUT2D eigenvalue weighted by molar-refractivity contribution is -0.147. The average molecular weight is 549 g/mol. The number of anilines is 1. The van der Waals surface area contributed by atoms with Crippen LogP contribution >= 0.6 is 15.9 Å². The lowest BCUT2D eigenvalue weighted by Gasteiger charge is -2.34. The Hall–Kier alpha value is -1.95. The molecule has 3 heterocycles. The van der Waals surface area contributed by atoms with Gasteiger partial charge in [0.05, 0.1) is 21.7 Å². The zero-order valence-corrected chi connectivity index (χ0v) is 22.1. The maximum Gasteiger partial charge on any atom is 0.324 e. The molecule has 1 fully saturated rings. The summed E-state index contributed by atoms with van der Waals surface area (Å²) in [4.78, 5) is 21.6. The second-order valence-electron chi connectivity index (χ2n) is 8.92. The van der Waals surface area contributed by atoms with Crippen LogP contribution < -0.4 is 5.32 Å². The highest BCUT2D eigenvalue weighted by Gasteiger charge is 2.52. The minimum atomic E-state index is -3.95. The van der Waals surface area contributed by atoms with E-state index in [1.165, 1.54) is 4.31 Å². The molecule has 9 nitrogen and oxygen atoms in total. The number of aromatic nitrogens is 2. The molecule has 13 heteroatoms. The first-order valence-corrected chi connectivity index (χ1v) is 13.5. The molecule has 34 heavy (non-hydrogen) atoms. The van der Waals surface area contributed by atoms with Gasteiger partial charge in [-0.3, -0.25) is 4.79 Å². The van der Waals surface area contributed by atoms with E-state index in [1.54, 1.807) is 47.9 Å². The molecule has 0 amide bonds. The zero-order valence-electron chi connectivity index (χ0n) is 19.7. The zero-order chi connectivity index (χ0) is 24.7. The Kier molecular flexibility index (Phi) is 7.10. The quantitative estimate of drug-likeness (QED) is 0.417. The molecular formula is C21H27B2BrN4O5S. The smallest absolute Gasteiger partial charge is 0.324 e. The van der Waals surface area contributed by atoms with Crippen molar-refractivity contribution in [2.45, 2.75) is 49.0 Å². The van der Waals surface area contributed by atoms with Gasteiger partial charge in [-0.15, -0.1) is 0 Å². The number of rotatable bonds is 6. The number of esters is 1. The maximum absolute atomic E-state index is 13.6. The Morgan fingerprint density at radius 3 is 2.76 bits per heavy atom. The van der Waals surface area contributed by atoms with Gasteiger partial charge >= 0.3 is 5.97 Å². The third-order valence-corrected chi connectivity index (χ3v) is 9.04. The van der Waals surface area contributed by atoms with Gasteiger partial charge in [-0.25, -0.2) is 18.4 Å². The molecule has 1 saturated heterocycles. The number of nitrogens with one attached hydrogen (secondary N) is 1. The number of fused-ring (bicyclic) bond motifs is 1. The number of carbonyl (C=O) groups excluding carboxylic acids is 1. The van der Waals surface area contributed by atoms with Gasteiger partial charge in [-0.2, -0.15) is 4.31 Å². The lowest BCUT2D eigenvalue weighted by atomic mass is 9.57. The van der Waals surface area contributed by atoms with Crippen LogP contribution in [0.3, 0.4) is 0 Å². The van der Waals surface area contributed by atoms with Crippen LogP contribution in [0, 0.1) is 0 Å². The van der Waals surface area contributed by atoms with Crippen LogP contribution in [0.5, 0.6) is 0 Å². The molecule has 0 bridgehead atoms. The molecule has 4 rings (SSSR count). The van der Waals surface area contributed by atoms with E-state index < -0.39 is 27.4 Å². The molecule has 0 aliphatic carbocycles. The van der Waals surface area contributed by atoms with Gasteiger partial charge < -0.3 is 14.8 Å². The maximum atomic E-state index is 13.6. The fourth-order valence-electron chi connectivity index (χ4n) is 4.63. The fourth-order valence-corrected chi connectivity index (χ4v) is 7.33. The second-order valence-corrected chi connectivity index (χ2v) is 11.6. The molecule has 0 unspecified atom stereocenters. The number of hydrogen-bond acceptors (Lipinski definition) is 8. The highest BCUT2D eigenvalue weighted by molar-refractivity contribution is 9.10. The summed E-state index contributed by atoms with van der Waals surface area (Å²) in [6.07, 6.45) is 3.40. The van der Waals surface area contributed by atoms with Gasteiger partial charge in [0.1, 0.15) is 21.7 Å². The molecule has 0 radical (unpaired) electrons. The summed E-state index contributed by atoms with van der Waals surface area (Å²) in [5.74, 6) is -0.0964. The third kappa shape index (κ3) is 4.50. The first-order valence-electron chi connectivity index (χ1n) is 11.3. The largest absolute Gasteiger partial charge is 0.465 e.